The Morgan fingerprint density at radius 3 is 2.38 bits per heavy atom. The summed E-state index contributed by atoms with van der Waals surface area (Å²) < 4.78 is 35.8. The van der Waals surface area contributed by atoms with Crippen LogP contribution in [0.4, 0.5) is 5.69 Å². The number of anilines is 1. The largest absolute Gasteiger partial charge is 0.496 e. The molecule has 0 aliphatic rings. The van der Waals surface area contributed by atoms with Gasteiger partial charge in [0, 0.05) is 20.5 Å². The van der Waals surface area contributed by atoms with Crippen molar-refractivity contribution in [3.63, 3.8) is 0 Å². The Morgan fingerprint density at radius 2 is 1.76 bits per heavy atom. The zero-order chi connectivity index (χ0) is 21.6. The van der Waals surface area contributed by atoms with E-state index in [1.54, 1.807) is 30.3 Å². The molecule has 1 N–H and O–H groups in total. The van der Waals surface area contributed by atoms with E-state index in [0.29, 0.717) is 17.0 Å². The number of sulfonamides is 1. The van der Waals surface area contributed by atoms with E-state index < -0.39 is 16.0 Å². The lowest BCUT2D eigenvalue weighted by atomic mass is 10.1. The molecule has 156 valence electrons. The van der Waals surface area contributed by atoms with E-state index in [2.05, 4.69) is 5.32 Å². The van der Waals surface area contributed by atoms with E-state index in [1.807, 2.05) is 0 Å². The van der Waals surface area contributed by atoms with E-state index >= 15 is 0 Å². The molecule has 0 aliphatic heterocycles. The fourth-order valence-corrected chi connectivity index (χ4v) is 3.62. The van der Waals surface area contributed by atoms with Crippen LogP contribution in [0.5, 0.6) is 5.75 Å². The molecule has 29 heavy (non-hydrogen) atoms. The van der Waals surface area contributed by atoms with Crippen molar-refractivity contribution >= 4 is 27.6 Å². The second kappa shape index (κ2) is 9.53. The fraction of sp³-hybridized carbons (Fsp3) is 0.300. The molecule has 2 aromatic carbocycles. The first-order chi connectivity index (χ1) is 13.7. The average molecular weight is 420 g/mol. The maximum Gasteiger partial charge on any atom is 0.339 e. The van der Waals surface area contributed by atoms with Crippen LogP contribution in [0.1, 0.15) is 22.3 Å². The van der Waals surface area contributed by atoms with Crippen molar-refractivity contribution in [2.75, 3.05) is 33.6 Å². The lowest BCUT2D eigenvalue weighted by Crippen LogP contribution is -2.22. The average Bonchev–Trinajstić information content (AvgIpc) is 2.71. The number of amides is 1. The first kappa shape index (κ1) is 22.4. The lowest BCUT2D eigenvalue weighted by molar-refractivity contribution is -0.116. The van der Waals surface area contributed by atoms with Crippen LogP contribution in [0.25, 0.3) is 0 Å². The Hall–Kier alpha value is -2.91. The summed E-state index contributed by atoms with van der Waals surface area (Å²) in [6, 6.07) is 11.1. The van der Waals surface area contributed by atoms with Gasteiger partial charge in [-0.25, -0.2) is 17.5 Å². The number of nitrogens with zero attached hydrogens (tertiary/aromatic N) is 1. The van der Waals surface area contributed by atoms with Gasteiger partial charge >= 0.3 is 5.97 Å². The zero-order valence-electron chi connectivity index (χ0n) is 16.8. The molecule has 1 amide bonds. The molecule has 9 heteroatoms. The number of ether oxygens (including phenoxy) is 2. The highest BCUT2D eigenvalue weighted by Crippen LogP contribution is 2.25. The number of benzene rings is 2. The molecule has 0 radical (unpaired) electrons. The Labute approximate surface area is 170 Å². The van der Waals surface area contributed by atoms with Gasteiger partial charge in [0.25, 0.3) is 0 Å². The van der Waals surface area contributed by atoms with Crippen LogP contribution in [0, 0.1) is 0 Å². The van der Waals surface area contributed by atoms with Gasteiger partial charge in [-0.3, -0.25) is 4.79 Å². The smallest absolute Gasteiger partial charge is 0.339 e. The summed E-state index contributed by atoms with van der Waals surface area (Å²) in [7, 11) is 2.04. The molecule has 2 rings (SSSR count). The lowest BCUT2D eigenvalue weighted by Gasteiger charge is -2.15. The third kappa shape index (κ3) is 5.33. The molecule has 0 spiro atoms. The molecule has 0 unspecified atom stereocenters. The van der Waals surface area contributed by atoms with Gasteiger partial charge in [0.05, 0.1) is 30.4 Å². The Balaban J connectivity index is 2.17. The summed E-state index contributed by atoms with van der Waals surface area (Å²) in [5.41, 5.74) is 1.19. The van der Waals surface area contributed by atoms with E-state index in [-0.39, 0.29) is 29.2 Å². The second-order valence-corrected chi connectivity index (χ2v) is 8.50. The van der Waals surface area contributed by atoms with Gasteiger partial charge in [0.15, 0.2) is 0 Å². The molecule has 0 heterocycles. The number of methoxy groups -OCH3 is 2. The van der Waals surface area contributed by atoms with Crippen molar-refractivity contribution < 1.29 is 27.5 Å². The van der Waals surface area contributed by atoms with E-state index in [1.165, 1.54) is 40.4 Å². The number of rotatable bonds is 8. The summed E-state index contributed by atoms with van der Waals surface area (Å²) in [4.78, 5) is 24.3. The molecule has 2 aromatic rings. The van der Waals surface area contributed by atoms with Gasteiger partial charge in [0.2, 0.25) is 15.9 Å². The SMILES string of the molecule is COC(=O)c1ccccc1NC(=O)CCc1cc(S(=O)(=O)N(C)C)ccc1OC. The Kier molecular flexibility index (Phi) is 7.35. The third-order valence-corrected chi connectivity index (χ3v) is 6.07. The molecule has 0 aliphatic carbocycles. The molecule has 8 nitrogen and oxygen atoms in total. The first-order valence-electron chi connectivity index (χ1n) is 8.77. The predicted molar refractivity (Wildman–Crippen MR) is 109 cm³/mol. The van der Waals surface area contributed by atoms with Crippen LogP contribution < -0.4 is 10.1 Å². The normalized spacial score (nSPS) is 11.2. The number of carbonyl (C=O) groups excluding carboxylic acids is 2. The van der Waals surface area contributed by atoms with Crippen molar-refractivity contribution in [1.82, 2.24) is 4.31 Å². The Bertz CT molecular complexity index is 1000. The van der Waals surface area contributed by atoms with Crippen molar-refractivity contribution in [3.8, 4) is 5.75 Å². The number of carbonyl (C=O) groups is 2. The summed E-state index contributed by atoms with van der Waals surface area (Å²) in [6.45, 7) is 0. The van der Waals surface area contributed by atoms with Gasteiger partial charge in [-0.05, 0) is 42.3 Å². The predicted octanol–water partition coefficient (Wildman–Crippen LogP) is 2.30. The van der Waals surface area contributed by atoms with Gasteiger partial charge < -0.3 is 14.8 Å². The number of esters is 1. The monoisotopic (exact) mass is 420 g/mol. The van der Waals surface area contributed by atoms with E-state index in [4.69, 9.17) is 9.47 Å². The molecular formula is C20H24N2O6S. The number of para-hydroxylation sites is 1. The van der Waals surface area contributed by atoms with Crippen LogP contribution in [0.2, 0.25) is 0 Å². The number of hydrogen-bond donors (Lipinski definition) is 1. The molecule has 0 bridgehead atoms. The molecule has 0 aromatic heterocycles. The van der Waals surface area contributed by atoms with E-state index in [9.17, 15) is 18.0 Å². The summed E-state index contributed by atoms with van der Waals surface area (Å²) in [6.07, 6.45) is 0.323. The topological polar surface area (TPSA) is 102 Å². The van der Waals surface area contributed by atoms with E-state index in [0.717, 1.165) is 4.31 Å². The molecule has 0 fully saturated rings. The quantitative estimate of drug-likeness (QED) is 0.658. The summed E-state index contributed by atoms with van der Waals surface area (Å²) in [5, 5.41) is 2.69. The van der Waals surface area contributed by atoms with Gasteiger partial charge in [-0.15, -0.1) is 0 Å². The maximum atomic E-state index is 12.4. The molecule has 0 saturated carbocycles. The third-order valence-electron chi connectivity index (χ3n) is 4.26. The highest BCUT2D eigenvalue weighted by atomic mass is 32.2. The fourth-order valence-electron chi connectivity index (χ4n) is 2.66. The number of aryl methyl sites for hydroxylation is 1. The van der Waals surface area contributed by atoms with Gasteiger partial charge in [0.1, 0.15) is 5.75 Å². The van der Waals surface area contributed by atoms with Crippen molar-refractivity contribution in [3.05, 3.63) is 53.6 Å². The van der Waals surface area contributed by atoms with Crippen LogP contribution in [0.15, 0.2) is 47.4 Å². The van der Waals surface area contributed by atoms with Crippen molar-refractivity contribution in [1.29, 1.82) is 0 Å². The Morgan fingerprint density at radius 1 is 1.07 bits per heavy atom. The van der Waals surface area contributed by atoms with Crippen molar-refractivity contribution in [2.24, 2.45) is 0 Å². The standard InChI is InChI=1S/C20H24N2O6S/c1-22(2)29(25,26)15-10-11-18(27-3)14(13-15)9-12-19(23)21-17-8-6-5-7-16(17)20(24)28-4/h5-8,10-11,13H,9,12H2,1-4H3,(H,21,23). The highest BCUT2D eigenvalue weighted by molar-refractivity contribution is 7.89. The summed E-state index contributed by atoms with van der Waals surface area (Å²) in [5.74, 6) is -0.390. The highest BCUT2D eigenvalue weighted by Gasteiger charge is 2.20. The first-order valence-corrected chi connectivity index (χ1v) is 10.2. The van der Waals surface area contributed by atoms with Gasteiger partial charge in [-0.1, -0.05) is 12.1 Å². The van der Waals surface area contributed by atoms with Crippen LogP contribution in [-0.2, 0) is 26.0 Å². The maximum absolute atomic E-state index is 12.4. The number of hydrogen-bond acceptors (Lipinski definition) is 6. The number of nitrogens with one attached hydrogen (secondary N) is 1. The minimum absolute atomic E-state index is 0.0668. The van der Waals surface area contributed by atoms with Crippen molar-refractivity contribution in [2.45, 2.75) is 17.7 Å². The molecular weight excluding hydrogens is 396 g/mol. The zero-order valence-corrected chi connectivity index (χ0v) is 17.6. The van der Waals surface area contributed by atoms with Crippen LogP contribution >= 0.6 is 0 Å². The van der Waals surface area contributed by atoms with Crippen LogP contribution in [0.3, 0.4) is 0 Å². The molecule has 0 saturated heterocycles. The second-order valence-electron chi connectivity index (χ2n) is 6.35. The minimum atomic E-state index is -3.60. The van der Waals surface area contributed by atoms with Crippen LogP contribution in [-0.4, -0.2) is 52.9 Å². The van der Waals surface area contributed by atoms with Gasteiger partial charge in [-0.2, -0.15) is 0 Å². The minimum Gasteiger partial charge on any atom is -0.496 e. The molecule has 0 atom stereocenters. The summed E-state index contributed by atoms with van der Waals surface area (Å²) >= 11 is 0.